The van der Waals surface area contributed by atoms with Crippen LogP contribution < -0.4 is 0 Å². The molecule has 1 aliphatic rings. The summed E-state index contributed by atoms with van der Waals surface area (Å²) >= 11 is 1.49. The van der Waals surface area contributed by atoms with Gasteiger partial charge in [-0.3, -0.25) is 0 Å². The lowest BCUT2D eigenvalue weighted by molar-refractivity contribution is -0.200. The molecule has 100 valence electrons. The van der Waals surface area contributed by atoms with Crippen LogP contribution in [0.3, 0.4) is 0 Å². The molecule has 1 aromatic rings. The minimum atomic E-state index is -0.931. The molecule has 0 saturated carbocycles. The number of rotatable bonds is 3. The molecule has 1 aliphatic heterocycles. The molecule has 0 bridgehead atoms. The van der Waals surface area contributed by atoms with Gasteiger partial charge in [-0.1, -0.05) is 30.0 Å². The maximum atomic E-state index is 9.99. The van der Waals surface area contributed by atoms with Crippen molar-refractivity contribution in [3.8, 4) is 0 Å². The molecule has 5 atom stereocenters. The van der Waals surface area contributed by atoms with E-state index in [9.17, 15) is 10.2 Å². The van der Waals surface area contributed by atoms with Gasteiger partial charge in [-0.05, 0) is 19.1 Å². The highest BCUT2D eigenvalue weighted by molar-refractivity contribution is 7.99. The molecule has 0 amide bonds. The number of aliphatic hydroxyl groups excluding tert-OH is 2. The lowest BCUT2D eigenvalue weighted by Gasteiger charge is -2.40. The topological polar surface area (TPSA) is 58.9 Å². The molecule has 2 N–H and O–H groups in total. The molecule has 0 radical (unpaired) electrons. The Kier molecular flexibility index (Phi) is 4.64. The molecule has 1 heterocycles. The second kappa shape index (κ2) is 6.04. The van der Waals surface area contributed by atoms with E-state index >= 15 is 0 Å². The Morgan fingerprint density at radius 3 is 2.44 bits per heavy atom. The Balaban J connectivity index is 2.10. The van der Waals surface area contributed by atoms with Crippen LogP contribution in [0.1, 0.15) is 6.92 Å². The minimum Gasteiger partial charge on any atom is -0.388 e. The van der Waals surface area contributed by atoms with Crippen molar-refractivity contribution < 1.29 is 19.7 Å². The Morgan fingerprint density at radius 1 is 1.17 bits per heavy atom. The summed E-state index contributed by atoms with van der Waals surface area (Å²) in [4.78, 5) is 1.04. The third-order valence-electron chi connectivity index (χ3n) is 3.05. The molecular formula is C13H18O4S. The summed E-state index contributed by atoms with van der Waals surface area (Å²) in [5.74, 6) is 0. The van der Waals surface area contributed by atoms with E-state index in [0.29, 0.717) is 0 Å². The van der Waals surface area contributed by atoms with Crippen LogP contribution in [-0.2, 0) is 9.47 Å². The number of hydrogen-bond donors (Lipinski definition) is 2. The highest BCUT2D eigenvalue weighted by atomic mass is 32.2. The van der Waals surface area contributed by atoms with E-state index in [4.69, 9.17) is 9.47 Å². The molecule has 18 heavy (non-hydrogen) atoms. The maximum Gasteiger partial charge on any atom is 0.136 e. The summed E-state index contributed by atoms with van der Waals surface area (Å²) in [6.45, 7) is 1.75. The van der Waals surface area contributed by atoms with Crippen molar-refractivity contribution in [2.24, 2.45) is 0 Å². The zero-order chi connectivity index (χ0) is 13.1. The van der Waals surface area contributed by atoms with Crippen molar-refractivity contribution in [2.45, 2.75) is 41.7 Å². The molecule has 1 unspecified atom stereocenters. The van der Waals surface area contributed by atoms with Crippen molar-refractivity contribution in [3.63, 3.8) is 0 Å². The van der Waals surface area contributed by atoms with Gasteiger partial charge in [-0.15, -0.1) is 0 Å². The van der Waals surface area contributed by atoms with Crippen LogP contribution in [-0.4, -0.2) is 47.2 Å². The molecule has 0 aliphatic carbocycles. The summed E-state index contributed by atoms with van der Waals surface area (Å²) < 4.78 is 11.0. The average Bonchev–Trinajstić information content (AvgIpc) is 2.38. The summed E-state index contributed by atoms with van der Waals surface area (Å²) in [5.41, 5.74) is -0.328. The van der Waals surface area contributed by atoms with Gasteiger partial charge in [0.15, 0.2) is 0 Å². The standard InChI is InChI=1S/C13H18O4S/c1-8-10(14)11(15)12(16-2)13(17-8)18-9-6-4-3-5-7-9/h3-8,10-15H,1-2H3/t8-,10+,11+,12-,13?/m0/s1. The van der Waals surface area contributed by atoms with Gasteiger partial charge in [0.1, 0.15) is 23.7 Å². The minimum absolute atomic E-state index is 0.328. The molecule has 1 aromatic carbocycles. The van der Waals surface area contributed by atoms with Crippen LogP contribution in [0.5, 0.6) is 0 Å². The first-order valence-corrected chi connectivity index (χ1v) is 6.77. The van der Waals surface area contributed by atoms with E-state index in [0.717, 1.165) is 4.90 Å². The van der Waals surface area contributed by atoms with Crippen molar-refractivity contribution in [3.05, 3.63) is 30.3 Å². The Bertz CT molecular complexity index is 373. The highest BCUT2D eigenvalue weighted by Gasteiger charge is 2.43. The normalized spacial score (nSPS) is 36.6. The van der Waals surface area contributed by atoms with Gasteiger partial charge in [0.2, 0.25) is 0 Å². The largest absolute Gasteiger partial charge is 0.388 e. The van der Waals surface area contributed by atoms with Crippen molar-refractivity contribution in [1.82, 2.24) is 0 Å². The smallest absolute Gasteiger partial charge is 0.136 e. The Labute approximate surface area is 111 Å². The second-order valence-electron chi connectivity index (χ2n) is 4.32. The quantitative estimate of drug-likeness (QED) is 0.866. The van der Waals surface area contributed by atoms with Crippen LogP contribution in [0.25, 0.3) is 0 Å². The zero-order valence-electron chi connectivity index (χ0n) is 10.4. The van der Waals surface area contributed by atoms with Gasteiger partial charge < -0.3 is 19.7 Å². The van der Waals surface area contributed by atoms with E-state index in [-0.39, 0.29) is 5.44 Å². The van der Waals surface area contributed by atoms with Gasteiger partial charge in [0, 0.05) is 12.0 Å². The summed E-state index contributed by atoms with van der Waals surface area (Å²) in [6, 6.07) is 9.79. The average molecular weight is 270 g/mol. The number of ether oxygens (including phenoxy) is 2. The first kappa shape index (κ1) is 13.8. The monoisotopic (exact) mass is 270 g/mol. The number of benzene rings is 1. The van der Waals surface area contributed by atoms with Gasteiger partial charge in [0.05, 0.1) is 6.10 Å². The molecule has 0 spiro atoms. The Hall–Kier alpha value is -0.590. The molecule has 1 saturated heterocycles. The van der Waals surface area contributed by atoms with E-state index in [1.165, 1.54) is 18.9 Å². The molecular weight excluding hydrogens is 252 g/mol. The van der Waals surface area contributed by atoms with Crippen molar-refractivity contribution >= 4 is 11.8 Å². The lowest BCUT2D eigenvalue weighted by Crippen LogP contribution is -2.56. The van der Waals surface area contributed by atoms with Gasteiger partial charge in [-0.25, -0.2) is 0 Å². The van der Waals surface area contributed by atoms with Gasteiger partial charge >= 0.3 is 0 Å². The van der Waals surface area contributed by atoms with Gasteiger partial charge in [-0.2, -0.15) is 0 Å². The maximum absolute atomic E-state index is 9.99. The third kappa shape index (κ3) is 2.87. The summed E-state index contributed by atoms with van der Waals surface area (Å²) in [5, 5.41) is 19.8. The molecule has 1 fully saturated rings. The number of aliphatic hydroxyl groups is 2. The molecule has 5 heteroatoms. The predicted molar refractivity (Wildman–Crippen MR) is 69.4 cm³/mol. The molecule has 4 nitrogen and oxygen atoms in total. The van der Waals surface area contributed by atoms with Crippen LogP contribution >= 0.6 is 11.8 Å². The van der Waals surface area contributed by atoms with Crippen LogP contribution in [0.4, 0.5) is 0 Å². The Morgan fingerprint density at radius 2 is 1.83 bits per heavy atom. The SMILES string of the molecule is CO[C@@H]1C(Sc2ccccc2)O[C@@H](C)[C@@H](O)[C@H]1O. The summed E-state index contributed by atoms with van der Waals surface area (Å²) in [7, 11) is 1.51. The van der Waals surface area contributed by atoms with E-state index in [2.05, 4.69) is 0 Å². The van der Waals surface area contributed by atoms with E-state index < -0.39 is 24.4 Å². The van der Waals surface area contributed by atoms with Gasteiger partial charge in [0.25, 0.3) is 0 Å². The first-order chi connectivity index (χ1) is 8.63. The van der Waals surface area contributed by atoms with Crippen molar-refractivity contribution in [2.75, 3.05) is 7.11 Å². The third-order valence-corrected chi connectivity index (χ3v) is 4.21. The number of methoxy groups -OCH3 is 1. The fourth-order valence-electron chi connectivity index (χ4n) is 1.98. The predicted octanol–water partition coefficient (Wildman–Crippen LogP) is 1.26. The molecule has 0 aromatic heterocycles. The van der Waals surface area contributed by atoms with Crippen LogP contribution in [0.2, 0.25) is 0 Å². The zero-order valence-corrected chi connectivity index (χ0v) is 11.2. The fraction of sp³-hybridized carbons (Fsp3) is 0.538. The van der Waals surface area contributed by atoms with E-state index in [1.54, 1.807) is 6.92 Å². The number of thioether (sulfide) groups is 1. The highest BCUT2D eigenvalue weighted by Crippen LogP contribution is 2.34. The van der Waals surface area contributed by atoms with Crippen LogP contribution in [0, 0.1) is 0 Å². The molecule has 2 rings (SSSR count). The first-order valence-electron chi connectivity index (χ1n) is 5.89. The van der Waals surface area contributed by atoms with Crippen molar-refractivity contribution in [1.29, 1.82) is 0 Å². The second-order valence-corrected chi connectivity index (χ2v) is 5.49. The lowest BCUT2D eigenvalue weighted by atomic mass is 10.0. The summed E-state index contributed by atoms with van der Waals surface area (Å²) in [6.07, 6.45) is -2.79. The number of hydrogen-bond acceptors (Lipinski definition) is 5. The van der Waals surface area contributed by atoms with E-state index in [1.807, 2.05) is 30.3 Å². The fourth-order valence-corrected chi connectivity index (χ4v) is 3.20. The van der Waals surface area contributed by atoms with Crippen LogP contribution in [0.15, 0.2) is 35.2 Å².